The van der Waals surface area contributed by atoms with Crippen LogP contribution in [0.3, 0.4) is 0 Å². The highest BCUT2D eigenvalue weighted by atomic mass is 16.7. The van der Waals surface area contributed by atoms with Crippen molar-refractivity contribution in [2.24, 2.45) is 0 Å². The first-order valence-corrected chi connectivity index (χ1v) is 5.07. The van der Waals surface area contributed by atoms with Gasteiger partial charge in [-0.05, 0) is 19.8 Å². The third-order valence-corrected chi connectivity index (χ3v) is 1.94. The number of hydrogen-bond acceptors (Lipinski definition) is 4. The summed E-state index contributed by atoms with van der Waals surface area (Å²) in [6, 6.07) is 0. The minimum Gasteiger partial charge on any atom is -0.393 e. The molecule has 4 heteroatoms. The van der Waals surface area contributed by atoms with Gasteiger partial charge < -0.3 is 19.3 Å². The Morgan fingerprint density at radius 3 is 2.57 bits per heavy atom. The minimum atomic E-state index is -0.274. The zero-order chi connectivity index (χ0) is 10.8. The normalized spacial score (nSPS) is 15.4. The predicted molar refractivity (Wildman–Crippen MR) is 54.2 cm³/mol. The van der Waals surface area contributed by atoms with E-state index in [0.717, 1.165) is 6.42 Å². The van der Waals surface area contributed by atoms with Crippen LogP contribution in [0.15, 0.2) is 0 Å². The molecule has 14 heavy (non-hydrogen) atoms. The lowest BCUT2D eigenvalue weighted by Gasteiger charge is -2.15. The van der Waals surface area contributed by atoms with Gasteiger partial charge in [-0.3, -0.25) is 0 Å². The molecule has 0 heterocycles. The van der Waals surface area contributed by atoms with E-state index in [4.69, 9.17) is 14.2 Å². The van der Waals surface area contributed by atoms with Crippen LogP contribution in [0.4, 0.5) is 0 Å². The molecule has 0 spiro atoms. The van der Waals surface area contributed by atoms with Crippen molar-refractivity contribution in [2.75, 3.05) is 27.1 Å². The molecule has 0 saturated heterocycles. The summed E-state index contributed by atoms with van der Waals surface area (Å²) >= 11 is 0. The van der Waals surface area contributed by atoms with E-state index >= 15 is 0 Å². The summed E-state index contributed by atoms with van der Waals surface area (Å²) in [5.41, 5.74) is 0. The van der Waals surface area contributed by atoms with E-state index in [1.165, 1.54) is 0 Å². The average Bonchev–Trinajstić information content (AvgIpc) is 2.17. The van der Waals surface area contributed by atoms with E-state index in [-0.39, 0.29) is 19.0 Å². The second kappa shape index (κ2) is 9.40. The number of aliphatic hydroxyl groups excluding tert-OH is 1. The Bertz CT molecular complexity index is 119. The quantitative estimate of drug-likeness (QED) is 0.454. The molecule has 0 aromatic heterocycles. The lowest BCUT2D eigenvalue weighted by molar-refractivity contribution is -0.101. The van der Waals surface area contributed by atoms with E-state index < -0.39 is 0 Å². The smallest absolute Gasteiger partial charge is 0.147 e. The fraction of sp³-hybridized carbons (Fsp3) is 1.00. The predicted octanol–water partition coefficient (Wildman–Crippen LogP) is 1.17. The van der Waals surface area contributed by atoms with Gasteiger partial charge in [0.2, 0.25) is 0 Å². The maximum Gasteiger partial charge on any atom is 0.147 e. The first-order valence-electron chi connectivity index (χ1n) is 5.07. The van der Waals surface area contributed by atoms with Crippen LogP contribution in [0.5, 0.6) is 0 Å². The molecule has 0 rings (SSSR count). The molecule has 0 aliphatic rings. The molecule has 1 N–H and O–H groups in total. The molecule has 4 nitrogen and oxygen atoms in total. The molecule has 0 aliphatic carbocycles. The third-order valence-electron chi connectivity index (χ3n) is 1.94. The van der Waals surface area contributed by atoms with Crippen LogP contribution < -0.4 is 0 Å². The Kier molecular flexibility index (Phi) is 9.29. The van der Waals surface area contributed by atoms with Crippen molar-refractivity contribution in [1.82, 2.24) is 0 Å². The standard InChI is InChI=1S/C10H22O4/c1-4-10(11)7-9(2)14-8-13-6-5-12-3/h9-11H,4-8H2,1-3H3/t9?,10-/m0/s1. The van der Waals surface area contributed by atoms with Gasteiger partial charge in [0.05, 0.1) is 25.4 Å². The summed E-state index contributed by atoms with van der Waals surface area (Å²) in [6.07, 6.45) is 1.18. The van der Waals surface area contributed by atoms with Gasteiger partial charge in [0.1, 0.15) is 6.79 Å². The second-order valence-electron chi connectivity index (χ2n) is 3.29. The summed E-state index contributed by atoms with van der Waals surface area (Å²) in [7, 11) is 1.63. The zero-order valence-electron chi connectivity index (χ0n) is 9.36. The summed E-state index contributed by atoms with van der Waals surface area (Å²) in [5.74, 6) is 0. The van der Waals surface area contributed by atoms with Gasteiger partial charge in [0.25, 0.3) is 0 Å². The van der Waals surface area contributed by atoms with Crippen LogP contribution in [-0.4, -0.2) is 44.4 Å². The zero-order valence-corrected chi connectivity index (χ0v) is 9.36. The molecular weight excluding hydrogens is 184 g/mol. The van der Waals surface area contributed by atoms with Crippen molar-refractivity contribution in [3.05, 3.63) is 0 Å². The minimum absolute atomic E-state index is 0.0347. The molecule has 0 radical (unpaired) electrons. The van der Waals surface area contributed by atoms with Gasteiger partial charge in [-0.25, -0.2) is 0 Å². The van der Waals surface area contributed by atoms with E-state index in [2.05, 4.69) is 0 Å². The molecule has 0 fully saturated rings. The van der Waals surface area contributed by atoms with Crippen molar-refractivity contribution in [3.8, 4) is 0 Å². The monoisotopic (exact) mass is 206 g/mol. The summed E-state index contributed by atoms with van der Waals surface area (Å²) in [6.45, 7) is 5.26. The lowest BCUT2D eigenvalue weighted by Crippen LogP contribution is -2.19. The topological polar surface area (TPSA) is 47.9 Å². The van der Waals surface area contributed by atoms with Crippen LogP contribution in [0, 0.1) is 0 Å². The Balaban J connectivity index is 3.22. The van der Waals surface area contributed by atoms with Crippen molar-refractivity contribution in [2.45, 2.75) is 38.9 Å². The number of ether oxygens (including phenoxy) is 3. The Hall–Kier alpha value is -0.160. The van der Waals surface area contributed by atoms with Gasteiger partial charge in [0, 0.05) is 7.11 Å². The largest absolute Gasteiger partial charge is 0.393 e. The summed E-state index contributed by atoms with van der Waals surface area (Å²) in [4.78, 5) is 0. The van der Waals surface area contributed by atoms with Crippen LogP contribution in [0.2, 0.25) is 0 Å². The molecule has 0 saturated carbocycles. The number of aliphatic hydroxyl groups is 1. The van der Waals surface area contributed by atoms with E-state index in [1.54, 1.807) is 7.11 Å². The molecule has 2 atom stereocenters. The van der Waals surface area contributed by atoms with Crippen molar-refractivity contribution in [3.63, 3.8) is 0 Å². The lowest BCUT2D eigenvalue weighted by atomic mass is 10.1. The fourth-order valence-corrected chi connectivity index (χ4v) is 0.983. The van der Waals surface area contributed by atoms with Crippen LogP contribution in [0.1, 0.15) is 26.7 Å². The van der Waals surface area contributed by atoms with Crippen LogP contribution in [0.25, 0.3) is 0 Å². The second-order valence-corrected chi connectivity index (χ2v) is 3.29. The molecule has 1 unspecified atom stereocenters. The fourth-order valence-electron chi connectivity index (χ4n) is 0.983. The Morgan fingerprint density at radius 1 is 1.29 bits per heavy atom. The van der Waals surface area contributed by atoms with Crippen LogP contribution in [-0.2, 0) is 14.2 Å². The number of hydrogen-bond donors (Lipinski definition) is 1. The van der Waals surface area contributed by atoms with E-state index in [0.29, 0.717) is 19.6 Å². The summed E-state index contributed by atoms with van der Waals surface area (Å²) in [5, 5.41) is 9.33. The van der Waals surface area contributed by atoms with E-state index in [1.807, 2.05) is 13.8 Å². The van der Waals surface area contributed by atoms with Crippen molar-refractivity contribution >= 4 is 0 Å². The van der Waals surface area contributed by atoms with Crippen LogP contribution >= 0.6 is 0 Å². The molecular formula is C10H22O4. The molecule has 0 aromatic rings. The maximum absolute atomic E-state index is 9.33. The number of rotatable bonds is 9. The van der Waals surface area contributed by atoms with Gasteiger partial charge >= 0.3 is 0 Å². The summed E-state index contributed by atoms with van der Waals surface area (Å²) < 4.78 is 15.3. The SMILES string of the molecule is CC[C@H](O)CC(C)OCOCCOC. The van der Waals surface area contributed by atoms with Gasteiger partial charge in [-0.1, -0.05) is 6.92 Å². The Morgan fingerprint density at radius 2 is 2.00 bits per heavy atom. The first kappa shape index (κ1) is 13.8. The van der Waals surface area contributed by atoms with Crippen molar-refractivity contribution in [1.29, 1.82) is 0 Å². The highest BCUT2D eigenvalue weighted by molar-refractivity contribution is 4.57. The molecule has 86 valence electrons. The molecule has 0 bridgehead atoms. The van der Waals surface area contributed by atoms with Gasteiger partial charge in [-0.2, -0.15) is 0 Å². The van der Waals surface area contributed by atoms with Gasteiger partial charge in [0.15, 0.2) is 0 Å². The maximum atomic E-state index is 9.33. The molecule has 0 amide bonds. The highest BCUT2D eigenvalue weighted by Gasteiger charge is 2.08. The number of methoxy groups -OCH3 is 1. The Labute approximate surface area is 86.2 Å². The highest BCUT2D eigenvalue weighted by Crippen LogP contribution is 2.04. The van der Waals surface area contributed by atoms with E-state index in [9.17, 15) is 5.11 Å². The molecule has 0 aromatic carbocycles. The first-order chi connectivity index (χ1) is 6.70. The molecule has 0 aliphatic heterocycles. The average molecular weight is 206 g/mol. The van der Waals surface area contributed by atoms with Gasteiger partial charge in [-0.15, -0.1) is 0 Å². The third kappa shape index (κ3) is 8.44. The van der Waals surface area contributed by atoms with Crippen molar-refractivity contribution < 1.29 is 19.3 Å².